The molecule has 0 nitrogen and oxygen atoms in total. The first kappa shape index (κ1) is 76.3. The Kier molecular flexibility index (Phi) is 14.9. The van der Waals surface area contributed by atoms with Crippen molar-refractivity contribution in [1.82, 2.24) is 0 Å². The zero-order valence-corrected chi connectivity index (χ0v) is 36.2. The van der Waals surface area contributed by atoms with Crippen LogP contribution in [0.25, 0.3) is 0 Å². The highest BCUT2D eigenvalue weighted by molar-refractivity contribution is 5.52. The Morgan fingerprint density at radius 3 is 0.291 bits per heavy atom. The van der Waals surface area contributed by atoms with Gasteiger partial charge < -0.3 is 0 Å². The summed E-state index contributed by atoms with van der Waals surface area (Å²) in [6.07, 6.45) is -15.0. The molecule has 5 aliphatic carbocycles. The van der Waals surface area contributed by atoms with Gasteiger partial charge in [0.05, 0.1) is 0 Å². The summed E-state index contributed by atoms with van der Waals surface area (Å²) in [6, 6.07) is 0. The number of hydrogen-bond donors (Lipinski definition) is 0. The molecule has 0 N–H and O–H groups in total. The summed E-state index contributed by atoms with van der Waals surface area (Å²) < 4.78 is 746. The van der Waals surface area contributed by atoms with Crippen LogP contribution in [-0.4, -0.2) is 177 Å². The maximum absolute atomic E-state index is 15.3. The van der Waals surface area contributed by atoms with E-state index in [1.165, 1.54) is 0 Å². The summed E-state index contributed by atoms with van der Waals surface area (Å²) in [6.45, 7) is 0. The lowest BCUT2D eigenvalue weighted by atomic mass is 9.43. The molecule has 4 atom stereocenters. The molecule has 0 amide bonds. The summed E-state index contributed by atoms with van der Waals surface area (Å²) >= 11 is 0. The van der Waals surface area contributed by atoms with Gasteiger partial charge in [-0.25, -0.2) is 26.3 Å². The van der Waals surface area contributed by atoms with E-state index in [0.717, 1.165) is 0 Å². The van der Waals surface area contributed by atoms with Crippen molar-refractivity contribution in [3.63, 3.8) is 0 Å². The van der Waals surface area contributed by atoms with Crippen LogP contribution < -0.4 is 0 Å². The van der Waals surface area contributed by atoms with Gasteiger partial charge in [0, 0.05) is 0 Å². The van der Waals surface area contributed by atoms with E-state index in [4.69, 9.17) is 0 Å². The second-order valence-corrected chi connectivity index (χ2v) is 17.6. The molecule has 0 aliphatic heterocycles. The van der Waals surface area contributed by atoms with Crippen molar-refractivity contribution in [2.45, 2.75) is 177 Å². The average molecular weight is 1420 g/mol. The number of hydrogen-bond acceptors (Lipinski definition) is 0. The van der Waals surface area contributed by atoms with Crippen molar-refractivity contribution in [3.8, 4) is 0 Å². The maximum Gasteiger partial charge on any atom is 0.460 e. The van der Waals surface area contributed by atoms with Crippen LogP contribution in [0.1, 0.15) is 0 Å². The molecule has 5 fully saturated rings. The number of fused-ring (bicyclic) bond motifs is 4. The topological polar surface area (TPSA) is 0 Å². The van der Waals surface area contributed by atoms with Crippen LogP contribution in [0.15, 0.2) is 0 Å². The van der Waals surface area contributed by atoms with E-state index >= 15 is 8.78 Å². The molecule has 56 heteroatoms. The Hall–Kier alpha value is -3.92. The second-order valence-electron chi connectivity index (χ2n) is 17.6. The molecule has 0 heterocycles. The van der Waals surface area contributed by atoms with Crippen molar-refractivity contribution < 1.29 is 246 Å². The van der Waals surface area contributed by atoms with Crippen molar-refractivity contribution >= 4 is 0 Å². The van der Waals surface area contributed by atoms with E-state index in [1.54, 1.807) is 0 Å². The average Bonchev–Trinajstić information content (AvgIpc) is 3.28. The van der Waals surface area contributed by atoms with Crippen LogP contribution in [0, 0.1) is 0 Å². The number of halogens is 56. The van der Waals surface area contributed by atoms with Gasteiger partial charge in [0.1, 0.15) is 0 Å². The largest absolute Gasteiger partial charge is 0.460 e. The standard InChI is InChI=1S/C14F24.C10F18.C6F14/c15-1-2(16)4(18,10(29,30)14(37,38)12(33,34)6(2,21)22)8(25,26)7(23,24)3(1,17)9(27,28)13(35,36)11(31,32)5(1,19)20;11-1-2(12,5(17,18)9(25,26)7(21,22)3(1,13)14)6(19,20)10(27,28)8(23,24)4(1,15)16;7-1(8,3(11,12)5(15,16)17)2(9,10)4(13,14)6(18,19)20. The van der Waals surface area contributed by atoms with Gasteiger partial charge in [0.2, 0.25) is 0 Å². The highest BCUT2D eigenvalue weighted by Crippen LogP contribution is 2.88. The van der Waals surface area contributed by atoms with Gasteiger partial charge in [-0.3, -0.25) is 0 Å². The fraction of sp³-hybridized carbons (Fsp3) is 1.00. The van der Waals surface area contributed by atoms with E-state index in [1.807, 2.05) is 0 Å². The van der Waals surface area contributed by atoms with Crippen LogP contribution in [-0.2, 0) is 0 Å². The monoisotopic (exact) mass is 1420 g/mol. The summed E-state index contributed by atoms with van der Waals surface area (Å²) in [5.74, 6) is -190. The Labute approximate surface area is 424 Å². The Morgan fingerprint density at radius 1 is 0.105 bits per heavy atom. The third-order valence-electron chi connectivity index (χ3n) is 13.2. The van der Waals surface area contributed by atoms with Crippen LogP contribution in [0.4, 0.5) is 246 Å². The fourth-order valence-corrected chi connectivity index (χ4v) is 8.35. The summed E-state index contributed by atoms with van der Waals surface area (Å²) in [4.78, 5) is 0. The smallest absolute Gasteiger partial charge is 0.229 e. The first-order valence-electron chi connectivity index (χ1n) is 18.6. The minimum absolute atomic E-state index is 7.48. The van der Waals surface area contributed by atoms with Gasteiger partial charge in [-0.05, 0) is 0 Å². The number of alkyl halides is 56. The summed E-state index contributed by atoms with van der Waals surface area (Å²) in [5, 5.41) is 0. The highest BCUT2D eigenvalue weighted by Gasteiger charge is 3.22. The normalized spacial score (nSPS) is 38.8. The Bertz CT molecular complexity index is 2430. The SMILES string of the molecule is FC(F)(F)C(F)(F)C(F)(F)C(F)(F)C(F)(F)C(F)(F)F.FC1(F)C(F)(F)C(F)(F)C2(F)C(F)(C1(F)F)C(F)(F)C(F)(F)C1(F)C(F)(F)C(F)(F)C(F)(F)C(F)(F)C12F.FC1(F)C(F)(F)C(F)(F)C2(F)C(F)(F)C(F)(F)C(F)(F)C(F)(F)C2(F)C1(F)F. The molecule has 4 unspecified atom stereocenters. The van der Waals surface area contributed by atoms with Crippen LogP contribution >= 0.6 is 0 Å². The predicted molar refractivity (Wildman–Crippen MR) is 144 cm³/mol. The van der Waals surface area contributed by atoms with Gasteiger partial charge in [0.15, 0.2) is 0 Å². The molecule has 5 rings (SSSR count). The van der Waals surface area contributed by atoms with Crippen LogP contribution in [0.5, 0.6) is 0 Å². The zero-order chi connectivity index (χ0) is 71.0. The van der Waals surface area contributed by atoms with Crippen molar-refractivity contribution in [2.24, 2.45) is 0 Å². The number of rotatable bonds is 3. The van der Waals surface area contributed by atoms with Crippen molar-refractivity contribution in [1.29, 1.82) is 0 Å². The minimum atomic E-state index is -9.77. The van der Waals surface area contributed by atoms with Crippen molar-refractivity contribution in [2.75, 3.05) is 0 Å². The molecule has 0 radical (unpaired) electrons. The van der Waals surface area contributed by atoms with Gasteiger partial charge in [0.25, 0.3) is 34.0 Å². The lowest BCUT2D eigenvalue weighted by Crippen LogP contribution is -3.06. The van der Waals surface area contributed by atoms with E-state index in [2.05, 4.69) is 0 Å². The summed E-state index contributed by atoms with van der Waals surface area (Å²) in [7, 11) is 0. The maximum atomic E-state index is 15.3. The Balaban J connectivity index is 0.000000357. The zero-order valence-electron chi connectivity index (χ0n) is 36.2. The van der Waals surface area contributed by atoms with Gasteiger partial charge >= 0.3 is 143 Å². The molecule has 0 aromatic heterocycles. The molecule has 0 aromatic rings. The highest BCUT2D eigenvalue weighted by atomic mass is 19.5. The molecule has 0 bridgehead atoms. The van der Waals surface area contributed by atoms with E-state index in [-0.39, 0.29) is 0 Å². The fourth-order valence-electron chi connectivity index (χ4n) is 8.35. The van der Waals surface area contributed by atoms with E-state index in [0.29, 0.717) is 0 Å². The second kappa shape index (κ2) is 16.8. The third-order valence-corrected chi connectivity index (χ3v) is 13.2. The summed E-state index contributed by atoms with van der Waals surface area (Å²) in [5.41, 5.74) is -55.9. The molecule has 0 saturated heterocycles. The molecule has 0 spiro atoms. The Morgan fingerprint density at radius 2 is 0.186 bits per heavy atom. The predicted octanol–water partition coefficient (Wildman–Crippen LogP) is 17.4. The van der Waals surface area contributed by atoms with E-state index in [9.17, 15) is 237 Å². The molecular weight excluding hydrogens is 1420 g/mol. The molecule has 5 aliphatic rings. The third kappa shape index (κ3) is 6.21. The first-order chi connectivity index (χ1) is 36.0. The van der Waals surface area contributed by atoms with E-state index < -0.39 is 177 Å². The van der Waals surface area contributed by atoms with Gasteiger partial charge in [-0.1, -0.05) is 0 Å². The van der Waals surface area contributed by atoms with Gasteiger partial charge in [-0.2, -0.15) is 220 Å². The molecule has 512 valence electrons. The minimum Gasteiger partial charge on any atom is -0.229 e. The lowest BCUT2D eigenvalue weighted by molar-refractivity contribution is -0.587. The van der Waals surface area contributed by atoms with Gasteiger partial charge in [-0.15, -0.1) is 0 Å². The molecule has 5 saturated carbocycles. The first-order valence-corrected chi connectivity index (χ1v) is 18.6. The van der Waals surface area contributed by atoms with Crippen LogP contribution in [0.2, 0.25) is 0 Å². The van der Waals surface area contributed by atoms with Crippen LogP contribution in [0.3, 0.4) is 0 Å². The molecular formula is C30F56. The molecule has 0 aromatic carbocycles. The molecule has 86 heavy (non-hydrogen) atoms. The quantitative estimate of drug-likeness (QED) is 0.247. The lowest BCUT2D eigenvalue weighted by Gasteiger charge is -2.70. The van der Waals surface area contributed by atoms with Crippen molar-refractivity contribution in [3.05, 3.63) is 0 Å².